The summed E-state index contributed by atoms with van der Waals surface area (Å²) in [5.74, 6) is 0.452. The molecule has 0 amide bonds. The number of fused-ring (bicyclic) bond motifs is 1. The Labute approximate surface area is 150 Å². The Balaban J connectivity index is 1.42. The van der Waals surface area contributed by atoms with Gasteiger partial charge in [0.2, 0.25) is 0 Å². The van der Waals surface area contributed by atoms with Gasteiger partial charge in [-0.2, -0.15) is 0 Å². The molecule has 0 saturated heterocycles. The Morgan fingerprint density at radius 1 is 1.24 bits per heavy atom. The van der Waals surface area contributed by atoms with Crippen molar-refractivity contribution >= 4 is 11.6 Å². The fourth-order valence-corrected chi connectivity index (χ4v) is 3.28. The van der Waals surface area contributed by atoms with Gasteiger partial charge < -0.3 is 15.8 Å². The van der Waals surface area contributed by atoms with Gasteiger partial charge in [-0.3, -0.25) is 4.99 Å². The molecule has 0 heterocycles. The highest BCUT2D eigenvalue weighted by Crippen LogP contribution is 2.32. The van der Waals surface area contributed by atoms with Crippen molar-refractivity contribution in [2.24, 2.45) is 10.7 Å². The topological polar surface area (TPSA) is 59.6 Å². The maximum atomic E-state index is 6.09. The lowest BCUT2D eigenvalue weighted by molar-refractivity contribution is 0.0403. The van der Waals surface area contributed by atoms with Crippen LogP contribution in [0.15, 0.2) is 53.5 Å². The normalized spacial score (nSPS) is 17.2. The van der Waals surface area contributed by atoms with Crippen molar-refractivity contribution in [3.63, 3.8) is 0 Å². The monoisotopic (exact) mass is 337 g/mol. The second-order valence-electron chi connectivity index (χ2n) is 6.57. The van der Waals surface area contributed by atoms with Crippen LogP contribution in [0.1, 0.15) is 42.1 Å². The number of ether oxygens (including phenoxy) is 1. The number of rotatable bonds is 6. The number of aryl methyl sites for hydroxylation is 2. The maximum absolute atomic E-state index is 6.09. The third-order valence-electron chi connectivity index (χ3n) is 4.51. The molecule has 25 heavy (non-hydrogen) atoms. The van der Waals surface area contributed by atoms with Crippen molar-refractivity contribution in [2.75, 3.05) is 18.5 Å². The van der Waals surface area contributed by atoms with Gasteiger partial charge in [0.05, 0.1) is 6.10 Å². The van der Waals surface area contributed by atoms with E-state index in [9.17, 15) is 0 Å². The Hall–Kier alpha value is -2.33. The first-order chi connectivity index (χ1) is 12.2. The van der Waals surface area contributed by atoms with Crippen LogP contribution in [0.3, 0.4) is 0 Å². The predicted molar refractivity (Wildman–Crippen MR) is 104 cm³/mol. The van der Waals surface area contributed by atoms with Crippen LogP contribution in [-0.2, 0) is 11.2 Å². The molecule has 4 nitrogen and oxygen atoms in total. The SMILES string of the molecule is Cc1cccc(NC(N)=NCCCOC2CCCc3ccccc32)c1. The van der Waals surface area contributed by atoms with Crippen molar-refractivity contribution in [3.05, 3.63) is 65.2 Å². The van der Waals surface area contributed by atoms with Crippen LogP contribution < -0.4 is 11.1 Å². The van der Waals surface area contributed by atoms with E-state index < -0.39 is 0 Å². The van der Waals surface area contributed by atoms with E-state index in [1.54, 1.807) is 0 Å². The van der Waals surface area contributed by atoms with Crippen molar-refractivity contribution in [3.8, 4) is 0 Å². The molecule has 0 spiro atoms. The quantitative estimate of drug-likeness (QED) is 0.472. The van der Waals surface area contributed by atoms with Gasteiger partial charge in [0.1, 0.15) is 0 Å². The van der Waals surface area contributed by atoms with Crippen LogP contribution in [0.5, 0.6) is 0 Å². The molecule has 3 rings (SSSR count). The molecule has 0 aromatic heterocycles. The summed E-state index contributed by atoms with van der Waals surface area (Å²) in [4.78, 5) is 4.38. The van der Waals surface area contributed by atoms with Gasteiger partial charge in [0.25, 0.3) is 0 Å². The van der Waals surface area contributed by atoms with E-state index in [4.69, 9.17) is 10.5 Å². The molecule has 0 fully saturated rings. The van der Waals surface area contributed by atoms with Crippen LogP contribution in [0.2, 0.25) is 0 Å². The number of hydrogen-bond acceptors (Lipinski definition) is 2. The summed E-state index contributed by atoms with van der Waals surface area (Å²) >= 11 is 0. The van der Waals surface area contributed by atoms with Gasteiger partial charge in [0.15, 0.2) is 5.96 Å². The number of benzene rings is 2. The second-order valence-corrected chi connectivity index (χ2v) is 6.57. The highest BCUT2D eigenvalue weighted by molar-refractivity contribution is 5.92. The molecule has 2 aromatic rings. The summed E-state index contributed by atoms with van der Waals surface area (Å²) in [6.45, 7) is 3.43. The first kappa shape index (κ1) is 17.5. The van der Waals surface area contributed by atoms with Crippen molar-refractivity contribution in [1.82, 2.24) is 0 Å². The first-order valence-corrected chi connectivity index (χ1v) is 9.05. The van der Waals surface area contributed by atoms with E-state index in [0.29, 0.717) is 19.1 Å². The molecule has 1 atom stereocenters. The van der Waals surface area contributed by atoms with Crippen LogP contribution in [0, 0.1) is 6.92 Å². The van der Waals surface area contributed by atoms with E-state index >= 15 is 0 Å². The summed E-state index contributed by atoms with van der Waals surface area (Å²) in [5.41, 5.74) is 10.9. The van der Waals surface area contributed by atoms with E-state index in [1.807, 2.05) is 18.2 Å². The zero-order valence-electron chi connectivity index (χ0n) is 14.9. The zero-order valence-corrected chi connectivity index (χ0v) is 14.9. The molecule has 0 bridgehead atoms. The van der Waals surface area contributed by atoms with Crippen molar-refractivity contribution < 1.29 is 4.74 Å². The smallest absolute Gasteiger partial charge is 0.193 e. The molecule has 1 aliphatic carbocycles. The Bertz CT molecular complexity index is 727. The Morgan fingerprint density at radius 3 is 3.00 bits per heavy atom. The molecule has 0 radical (unpaired) electrons. The van der Waals surface area contributed by atoms with Gasteiger partial charge >= 0.3 is 0 Å². The summed E-state index contributed by atoms with van der Waals surface area (Å²) in [6.07, 6.45) is 4.58. The van der Waals surface area contributed by atoms with Crippen molar-refractivity contribution in [1.29, 1.82) is 0 Å². The largest absolute Gasteiger partial charge is 0.373 e. The summed E-state index contributed by atoms with van der Waals surface area (Å²) in [7, 11) is 0. The summed E-state index contributed by atoms with van der Waals surface area (Å²) < 4.78 is 6.09. The minimum absolute atomic E-state index is 0.233. The lowest BCUT2D eigenvalue weighted by Gasteiger charge is -2.25. The van der Waals surface area contributed by atoms with Gasteiger partial charge in [-0.05, 0) is 61.4 Å². The Kier molecular flexibility index (Phi) is 6.07. The third-order valence-corrected chi connectivity index (χ3v) is 4.51. The number of anilines is 1. The highest BCUT2D eigenvalue weighted by Gasteiger charge is 2.19. The molecule has 0 aliphatic heterocycles. The molecule has 0 saturated carbocycles. The van der Waals surface area contributed by atoms with E-state index in [0.717, 1.165) is 18.5 Å². The van der Waals surface area contributed by atoms with Gasteiger partial charge in [0, 0.05) is 18.8 Å². The minimum atomic E-state index is 0.233. The van der Waals surface area contributed by atoms with Gasteiger partial charge in [-0.1, -0.05) is 36.4 Å². The van der Waals surface area contributed by atoms with Crippen LogP contribution in [0.4, 0.5) is 5.69 Å². The van der Waals surface area contributed by atoms with E-state index in [1.165, 1.54) is 29.5 Å². The molecule has 2 aromatic carbocycles. The molecule has 132 valence electrons. The second kappa shape index (κ2) is 8.67. The molecule has 3 N–H and O–H groups in total. The highest BCUT2D eigenvalue weighted by atomic mass is 16.5. The maximum Gasteiger partial charge on any atom is 0.193 e. The van der Waals surface area contributed by atoms with Crippen LogP contribution in [-0.4, -0.2) is 19.1 Å². The number of nitrogens with two attached hydrogens (primary N) is 1. The number of nitrogens with one attached hydrogen (secondary N) is 1. The van der Waals surface area contributed by atoms with E-state index in [-0.39, 0.29) is 6.10 Å². The Morgan fingerprint density at radius 2 is 2.12 bits per heavy atom. The van der Waals surface area contributed by atoms with Gasteiger partial charge in [-0.15, -0.1) is 0 Å². The minimum Gasteiger partial charge on any atom is -0.373 e. The average molecular weight is 337 g/mol. The standard InChI is InChI=1S/C21H27N3O/c1-16-7-4-10-18(15-16)24-21(22)23-13-6-14-25-20-12-5-9-17-8-2-3-11-19(17)20/h2-4,7-8,10-11,15,20H,5-6,9,12-14H2,1H3,(H3,22,23,24). The fourth-order valence-electron chi connectivity index (χ4n) is 3.28. The van der Waals surface area contributed by atoms with Crippen molar-refractivity contribution in [2.45, 2.75) is 38.7 Å². The summed E-state index contributed by atoms with van der Waals surface area (Å²) in [5, 5.41) is 3.12. The zero-order chi connectivity index (χ0) is 17.5. The number of hydrogen-bond donors (Lipinski definition) is 2. The van der Waals surface area contributed by atoms with Crippen LogP contribution in [0.25, 0.3) is 0 Å². The summed E-state index contributed by atoms with van der Waals surface area (Å²) in [6, 6.07) is 16.7. The molecule has 1 aliphatic rings. The van der Waals surface area contributed by atoms with E-state index in [2.05, 4.69) is 47.6 Å². The number of guanidine groups is 1. The molecular weight excluding hydrogens is 310 g/mol. The third kappa shape index (κ3) is 5.07. The molecular formula is C21H27N3O. The molecule has 1 unspecified atom stereocenters. The number of aliphatic imine (C=N–C) groups is 1. The lowest BCUT2D eigenvalue weighted by atomic mass is 9.89. The lowest BCUT2D eigenvalue weighted by Crippen LogP contribution is -2.23. The molecule has 4 heteroatoms. The predicted octanol–water partition coefficient (Wildman–Crippen LogP) is 4.21. The van der Waals surface area contributed by atoms with Crippen LogP contribution >= 0.6 is 0 Å². The van der Waals surface area contributed by atoms with Gasteiger partial charge in [-0.25, -0.2) is 0 Å². The average Bonchev–Trinajstić information content (AvgIpc) is 2.61. The first-order valence-electron chi connectivity index (χ1n) is 9.05. The fraction of sp³-hybridized carbons (Fsp3) is 0.381. The number of nitrogens with zero attached hydrogens (tertiary/aromatic N) is 1.